The minimum atomic E-state index is -3.48. The Morgan fingerprint density at radius 2 is 1.74 bits per heavy atom. The molecule has 0 radical (unpaired) electrons. The van der Waals surface area contributed by atoms with Crippen LogP contribution in [0.4, 0.5) is 0 Å². The third-order valence-corrected chi connectivity index (χ3v) is 5.15. The van der Waals surface area contributed by atoms with Crippen LogP contribution in [0.15, 0.2) is 29.2 Å². The Morgan fingerprint density at radius 3 is 2.32 bits per heavy atom. The Hall–Kier alpha value is -0.910. The Morgan fingerprint density at radius 1 is 1.11 bits per heavy atom. The minimum Gasteiger partial charge on any atom is -0.395 e. The molecule has 5 heteroatoms. The summed E-state index contributed by atoms with van der Waals surface area (Å²) in [4.78, 5) is 0.264. The molecule has 0 atom stereocenters. The van der Waals surface area contributed by atoms with E-state index >= 15 is 0 Å². The van der Waals surface area contributed by atoms with E-state index in [-0.39, 0.29) is 18.0 Å². The average molecular weight is 283 g/mol. The van der Waals surface area contributed by atoms with Crippen LogP contribution in [-0.4, -0.2) is 26.7 Å². The van der Waals surface area contributed by atoms with E-state index in [9.17, 15) is 8.42 Å². The predicted octanol–water partition coefficient (Wildman–Crippen LogP) is 2.00. The summed E-state index contributed by atoms with van der Waals surface area (Å²) in [5.41, 5.74) is 1.24. The van der Waals surface area contributed by atoms with Gasteiger partial charge in [0.15, 0.2) is 0 Å². The van der Waals surface area contributed by atoms with Gasteiger partial charge in [0.05, 0.1) is 11.5 Å². The van der Waals surface area contributed by atoms with E-state index in [1.807, 2.05) is 12.1 Å². The molecule has 2 N–H and O–H groups in total. The molecular weight excluding hydrogens is 262 g/mol. The first-order valence-corrected chi connectivity index (χ1v) is 8.32. The van der Waals surface area contributed by atoms with Gasteiger partial charge in [0.1, 0.15) is 0 Å². The maximum absolute atomic E-state index is 11.9. The summed E-state index contributed by atoms with van der Waals surface area (Å²) >= 11 is 0. The zero-order valence-electron chi connectivity index (χ0n) is 11.0. The molecule has 106 valence electrons. The van der Waals surface area contributed by atoms with Crippen LogP contribution < -0.4 is 4.72 Å². The van der Waals surface area contributed by atoms with Crippen molar-refractivity contribution in [1.29, 1.82) is 0 Å². The van der Waals surface area contributed by atoms with Crippen LogP contribution in [0.1, 0.15) is 43.6 Å². The number of hydrogen-bond donors (Lipinski definition) is 2. The fourth-order valence-corrected chi connectivity index (χ4v) is 3.64. The Labute approximate surface area is 114 Å². The first-order chi connectivity index (χ1) is 9.13. The molecule has 19 heavy (non-hydrogen) atoms. The second-order valence-electron chi connectivity index (χ2n) is 5.03. The van der Waals surface area contributed by atoms with Crippen LogP contribution in [0.2, 0.25) is 0 Å². The van der Waals surface area contributed by atoms with Crippen molar-refractivity contribution in [3.63, 3.8) is 0 Å². The van der Waals surface area contributed by atoms with E-state index in [0.717, 1.165) is 0 Å². The summed E-state index contributed by atoms with van der Waals surface area (Å²) in [5.74, 6) is 0.580. The van der Waals surface area contributed by atoms with Crippen LogP contribution >= 0.6 is 0 Å². The summed E-state index contributed by atoms with van der Waals surface area (Å²) in [7, 11) is -3.48. The summed E-state index contributed by atoms with van der Waals surface area (Å²) < 4.78 is 26.1. The lowest BCUT2D eigenvalue weighted by Crippen LogP contribution is -2.26. The highest BCUT2D eigenvalue weighted by Crippen LogP contribution is 2.32. The van der Waals surface area contributed by atoms with Crippen molar-refractivity contribution < 1.29 is 13.5 Å². The zero-order valence-corrected chi connectivity index (χ0v) is 11.8. The van der Waals surface area contributed by atoms with E-state index < -0.39 is 10.0 Å². The molecule has 0 unspecified atom stereocenters. The van der Waals surface area contributed by atoms with Crippen LogP contribution in [0.5, 0.6) is 0 Å². The molecule has 0 bridgehead atoms. The number of hydrogen-bond acceptors (Lipinski definition) is 3. The maximum atomic E-state index is 11.9. The molecule has 0 saturated heterocycles. The molecule has 0 aliphatic heterocycles. The van der Waals surface area contributed by atoms with Gasteiger partial charge in [-0.3, -0.25) is 0 Å². The van der Waals surface area contributed by atoms with Gasteiger partial charge in [0.25, 0.3) is 0 Å². The summed E-state index contributed by atoms with van der Waals surface area (Å²) in [6.45, 7) is -0.147. The van der Waals surface area contributed by atoms with Gasteiger partial charge >= 0.3 is 0 Å². The standard InChI is InChI=1S/C14H21NO3S/c16-11-10-15-19(17,18)14-8-6-13(7-9-14)12-4-2-1-3-5-12/h6-9,12,15-16H,1-5,10-11H2. The Kier molecular flexibility index (Phi) is 4.96. The molecule has 1 fully saturated rings. The average Bonchev–Trinajstić information content (AvgIpc) is 2.46. The van der Waals surface area contributed by atoms with Crippen molar-refractivity contribution in [3.05, 3.63) is 29.8 Å². The highest BCUT2D eigenvalue weighted by atomic mass is 32.2. The molecule has 2 rings (SSSR count). The molecule has 0 heterocycles. The molecule has 1 aliphatic carbocycles. The minimum absolute atomic E-state index is 0.0483. The number of benzene rings is 1. The van der Waals surface area contributed by atoms with E-state index in [1.54, 1.807) is 12.1 Å². The van der Waals surface area contributed by atoms with Crippen LogP contribution in [0, 0.1) is 0 Å². The first-order valence-electron chi connectivity index (χ1n) is 6.84. The predicted molar refractivity (Wildman–Crippen MR) is 74.5 cm³/mol. The van der Waals surface area contributed by atoms with Gasteiger partial charge in [0, 0.05) is 6.54 Å². The van der Waals surface area contributed by atoms with Gasteiger partial charge in [-0.25, -0.2) is 13.1 Å². The van der Waals surface area contributed by atoms with E-state index in [1.165, 1.54) is 37.7 Å². The van der Waals surface area contributed by atoms with Gasteiger partial charge in [-0.1, -0.05) is 31.4 Å². The van der Waals surface area contributed by atoms with Crippen molar-refractivity contribution in [3.8, 4) is 0 Å². The van der Waals surface area contributed by atoms with Gasteiger partial charge in [-0.05, 0) is 36.5 Å². The molecule has 1 saturated carbocycles. The second kappa shape index (κ2) is 6.50. The third kappa shape index (κ3) is 3.78. The lowest BCUT2D eigenvalue weighted by molar-refractivity contribution is 0.301. The van der Waals surface area contributed by atoms with Crippen molar-refractivity contribution in [1.82, 2.24) is 4.72 Å². The fraction of sp³-hybridized carbons (Fsp3) is 0.571. The number of aliphatic hydroxyl groups excluding tert-OH is 1. The van der Waals surface area contributed by atoms with Crippen LogP contribution in [0.3, 0.4) is 0 Å². The largest absolute Gasteiger partial charge is 0.395 e. The molecule has 0 aromatic heterocycles. The number of nitrogens with one attached hydrogen (secondary N) is 1. The summed E-state index contributed by atoms with van der Waals surface area (Å²) in [5, 5.41) is 8.66. The molecule has 1 aromatic carbocycles. The van der Waals surface area contributed by atoms with Crippen molar-refractivity contribution >= 4 is 10.0 Å². The lowest BCUT2D eigenvalue weighted by atomic mass is 9.84. The summed E-state index contributed by atoms with van der Waals surface area (Å²) in [6.07, 6.45) is 6.25. The van der Waals surface area contributed by atoms with E-state index in [0.29, 0.717) is 5.92 Å². The quantitative estimate of drug-likeness (QED) is 0.868. The normalized spacial score (nSPS) is 17.5. The van der Waals surface area contributed by atoms with Crippen molar-refractivity contribution in [2.24, 2.45) is 0 Å². The Bertz CT molecular complexity index is 490. The lowest BCUT2D eigenvalue weighted by Gasteiger charge is -2.22. The molecule has 0 amide bonds. The Balaban J connectivity index is 2.09. The topological polar surface area (TPSA) is 66.4 Å². The van der Waals surface area contributed by atoms with Gasteiger partial charge in [0.2, 0.25) is 10.0 Å². The SMILES string of the molecule is O=S(=O)(NCCO)c1ccc(C2CCCCC2)cc1. The molecule has 1 aliphatic rings. The van der Waals surface area contributed by atoms with Gasteiger partial charge in [-0.15, -0.1) is 0 Å². The van der Waals surface area contributed by atoms with Gasteiger partial charge in [-0.2, -0.15) is 0 Å². The smallest absolute Gasteiger partial charge is 0.240 e. The molecule has 1 aromatic rings. The van der Waals surface area contributed by atoms with Crippen LogP contribution in [-0.2, 0) is 10.0 Å². The summed E-state index contributed by atoms with van der Waals surface area (Å²) in [6, 6.07) is 7.15. The number of aliphatic hydroxyl groups is 1. The van der Waals surface area contributed by atoms with Crippen molar-refractivity contribution in [2.75, 3.05) is 13.2 Å². The van der Waals surface area contributed by atoms with Gasteiger partial charge < -0.3 is 5.11 Å². The van der Waals surface area contributed by atoms with E-state index in [2.05, 4.69) is 4.72 Å². The number of sulfonamides is 1. The zero-order chi connectivity index (χ0) is 13.7. The molecular formula is C14H21NO3S. The first kappa shape index (κ1) is 14.5. The monoisotopic (exact) mass is 283 g/mol. The van der Waals surface area contributed by atoms with Crippen LogP contribution in [0.25, 0.3) is 0 Å². The fourth-order valence-electron chi connectivity index (χ4n) is 2.62. The third-order valence-electron chi connectivity index (χ3n) is 3.67. The van der Waals surface area contributed by atoms with E-state index in [4.69, 9.17) is 5.11 Å². The second-order valence-corrected chi connectivity index (χ2v) is 6.79. The van der Waals surface area contributed by atoms with Crippen molar-refractivity contribution in [2.45, 2.75) is 42.9 Å². The number of rotatable bonds is 5. The highest BCUT2D eigenvalue weighted by Gasteiger charge is 2.17. The highest BCUT2D eigenvalue weighted by molar-refractivity contribution is 7.89. The molecule has 4 nitrogen and oxygen atoms in total. The maximum Gasteiger partial charge on any atom is 0.240 e. The molecule has 0 spiro atoms.